The minimum atomic E-state index is -0.419. The molecule has 0 radical (unpaired) electrons. The van der Waals surface area contributed by atoms with Crippen LogP contribution in [0.3, 0.4) is 0 Å². The monoisotopic (exact) mass is 377 g/mol. The third kappa shape index (κ3) is 2.98. The average molecular weight is 377 g/mol. The third-order valence-electron chi connectivity index (χ3n) is 4.57. The van der Waals surface area contributed by atoms with Crippen molar-refractivity contribution in [3.05, 3.63) is 64.3 Å². The molecule has 2 aromatic carbocycles. The molecule has 0 fully saturated rings. The number of amides is 1. The maximum Gasteiger partial charge on any atom is 0.352 e. The van der Waals surface area contributed by atoms with Gasteiger partial charge in [-0.1, -0.05) is 18.2 Å². The van der Waals surface area contributed by atoms with Crippen LogP contribution in [0.25, 0.3) is 16.6 Å². The first-order valence-electron chi connectivity index (χ1n) is 8.76. The van der Waals surface area contributed by atoms with Crippen molar-refractivity contribution >= 4 is 28.1 Å². The van der Waals surface area contributed by atoms with Gasteiger partial charge < -0.3 is 10.1 Å². The molecule has 0 aliphatic carbocycles. The smallest absolute Gasteiger partial charge is 0.352 e. The minimum absolute atomic E-state index is 0.217. The summed E-state index contributed by atoms with van der Waals surface area (Å²) in [4.78, 5) is 29.5. The van der Waals surface area contributed by atoms with Gasteiger partial charge in [-0.05, 0) is 43.2 Å². The maximum absolute atomic E-state index is 12.6. The standard InChI is InChI=1S/C20H19N5O3/c1-12-7-8-16(28-3)15(9-12)22-17(26)10-25-20(27)24-11-21-18-13(2)5-4-6-14(18)19(24)23-25/h4-9,11H,10H2,1-3H3,(H,22,26). The molecule has 2 heterocycles. The van der Waals surface area contributed by atoms with E-state index >= 15 is 0 Å². The van der Waals surface area contributed by atoms with Crippen molar-refractivity contribution < 1.29 is 9.53 Å². The van der Waals surface area contributed by atoms with Gasteiger partial charge in [0.2, 0.25) is 5.91 Å². The predicted molar refractivity (Wildman–Crippen MR) is 106 cm³/mol. The molecule has 142 valence electrons. The van der Waals surface area contributed by atoms with Gasteiger partial charge in [-0.3, -0.25) is 4.79 Å². The van der Waals surface area contributed by atoms with Crippen molar-refractivity contribution in [1.29, 1.82) is 0 Å². The number of hydrogen-bond donors (Lipinski definition) is 1. The van der Waals surface area contributed by atoms with Gasteiger partial charge in [-0.25, -0.2) is 18.9 Å². The summed E-state index contributed by atoms with van der Waals surface area (Å²) in [5.41, 5.74) is 3.35. The molecule has 4 rings (SSSR count). The van der Waals surface area contributed by atoms with Gasteiger partial charge >= 0.3 is 5.69 Å². The first-order valence-corrected chi connectivity index (χ1v) is 8.76. The predicted octanol–water partition coefficient (Wildman–Crippen LogP) is 2.31. The zero-order valence-electron chi connectivity index (χ0n) is 15.8. The molecule has 2 aromatic heterocycles. The van der Waals surface area contributed by atoms with Crippen LogP contribution in [0.15, 0.2) is 47.5 Å². The molecule has 0 aliphatic rings. The van der Waals surface area contributed by atoms with Crippen LogP contribution in [0, 0.1) is 13.8 Å². The largest absolute Gasteiger partial charge is 0.495 e. The number of nitrogens with one attached hydrogen (secondary N) is 1. The van der Waals surface area contributed by atoms with Crippen molar-refractivity contribution in [1.82, 2.24) is 19.2 Å². The summed E-state index contributed by atoms with van der Waals surface area (Å²) in [6.07, 6.45) is 1.44. The van der Waals surface area contributed by atoms with E-state index in [0.717, 1.165) is 26.7 Å². The summed E-state index contributed by atoms with van der Waals surface area (Å²) in [5.74, 6) is 0.176. The number of ether oxygens (including phenoxy) is 1. The van der Waals surface area contributed by atoms with Crippen LogP contribution >= 0.6 is 0 Å². The van der Waals surface area contributed by atoms with Crippen LogP contribution < -0.4 is 15.7 Å². The topological polar surface area (TPSA) is 90.5 Å². The minimum Gasteiger partial charge on any atom is -0.495 e. The Morgan fingerprint density at radius 2 is 2.04 bits per heavy atom. The van der Waals surface area contributed by atoms with Crippen LogP contribution in [-0.4, -0.2) is 32.2 Å². The van der Waals surface area contributed by atoms with E-state index < -0.39 is 5.69 Å². The lowest BCUT2D eigenvalue weighted by atomic mass is 10.1. The van der Waals surface area contributed by atoms with Gasteiger partial charge in [0.15, 0.2) is 5.65 Å². The molecule has 0 spiro atoms. The second-order valence-corrected chi connectivity index (χ2v) is 6.60. The number of rotatable bonds is 4. The van der Waals surface area contributed by atoms with Crippen molar-refractivity contribution in [2.75, 3.05) is 12.4 Å². The number of aromatic nitrogens is 4. The first kappa shape index (κ1) is 17.7. The van der Waals surface area contributed by atoms with Crippen molar-refractivity contribution in [3.8, 4) is 5.75 Å². The van der Waals surface area contributed by atoms with E-state index in [1.54, 1.807) is 6.07 Å². The van der Waals surface area contributed by atoms with Crippen LogP contribution in [0.4, 0.5) is 5.69 Å². The number of carbonyl (C=O) groups excluding carboxylic acids is 1. The highest BCUT2D eigenvalue weighted by Crippen LogP contribution is 2.25. The molecule has 0 unspecified atom stereocenters. The Balaban J connectivity index is 1.68. The molecule has 4 aromatic rings. The van der Waals surface area contributed by atoms with Gasteiger partial charge in [0.25, 0.3) is 0 Å². The third-order valence-corrected chi connectivity index (χ3v) is 4.57. The number of carbonyl (C=O) groups is 1. The van der Waals surface area contributed by atoms with Crippen molar-refractivity contribution in [2.45, 2.75) is 20.4 Å². The fraction of sp³-hybridized carbons (Fsp3) is 0.200. The van der Waals surface area contributed by atoms with Gasteiger partial charge in [0, 0.05) is 5.39 Å². The SMILES string of the molecule is COc1ccc(C)cc1NC(=O)Cn1nc2c3cccc(C)c3ncn2c1=O. The number of benzene rings is 2. The Labute approximate surface area is 160 Å². The maximum atomic E-state index is 12.6. The summed E-state index contributed by atoms with van der Waals surface area (Å²) < 4.78 is 7.76. The highest BCUT2D eigenvalue weighted by Gasteiger charge is 2.15. The van der Waals surface area contributed by atoms with E-state index in [1.807, 2.05) is 44.2 Å². The Hall–Kier alpha value is -3.68. The Bertz CT molecular complexity index is 1270. The van der Waals surface area contributed by atoms with Gasteiger partial charge in [-0.15, -0.1) is 5.10 Å². The quantitative estimate of drug-likeness (QED) is 0.589. The lowest BCUT2D eigenvalue weighted by Gasteiger charge is -2.10. The molecular formula is C20H19N5O3. The van der Waals surface area contributed by atoms with Gasteiger partial charge in [0.05, 0.1) is 18.3 Å². The van der Waals surface area contributed by atoms with Crippen LogP contribution in [0.2, 0.25) is 0 Å². The molecule has 0 saturated carbocycles. The Morgan fingerprint density at radius 1 is 1.21 bits per heavy atom. The highest BCUT2D eigenvalue weighted by atomic mass is 16.5. The highest BCUT2D eigenvalue weighted by molar-refractivity contribution is 5.93. The van der Waals surface area contributed by atoms with Gasteiger partial charge in [-0.2, -0.15) is 0 Å². The molecule has 28 heavy (non-hydrogen) atoms. The number of fused-ring (bicyclic) bond motifs is 3. The molecule has 1 N–H and O–H groups in total. The molecule has 1 amide bonds. The number of hydrogen-bond acceptors (Lipinski definition) is 5. The average Bonchev–Trinajstić information content (AvgIpc) is 2.98. The summed E-state index contributed by atoms with van der Waals surface area (Å²) in [6, 6.07) is 11.2. The molecule has 0 saturated heterocycles. The summed E-state index contributed by atoms with van der Waals surface area (Å²) in [7, 11) is 1.53. The summed E-state index contributed by atoms with van der Waals surface area (Å²) in [5, 5.41) is 7.90. The van der Waals surface area contributed by atoms with Crippen LogP contribution in [0.1, 0.15) is 11.1 Å². The van der Waals surface area contributed by atoms with Crippen molar-refractivity contribution in [3.63, 3.8) is 0 Å². The zero-order valence-corrected chi connectivity index (χ0v) is 15.8. The number of methoxy groups -OCH3 is 1. The van der Waals surface area contributed by atoms with Crippen LogP contribution in [-0.2, 0) is 11.3 Å². The molecule has 8 nitrogen and oxygen atoms in total. The van der Waals surface area contributed by atoms with Crippen molar-refractivity contribution in [2.24, 2.45) is 0 Å². The van der Waals surface area contributed by atoms with Gasteiger partial charge in [0.1, 0.15) is 18.6 Å². The second-order valence-electron chi connectivity index (χ2n) is 6.60. The lowest BCUT2D eigenvalue weighted by molar-refractivity contribution is -0.117. The van der Waals surface area contributed by atoms with E-state index in [2.05, 4.69) is 15.4 Å². The Kier molecular flexibility index (Phi) is 4.31. The Morgan fingerprint density at radius 3 is 2.82 bits per heavy atom. The van der Waals surface area contributed by atoms with E-state index in [-0.39, 0.29) is 12.5 Å². The normalized spacial score (nSPS) is 11.1. The molecular weight excluding hydrogens is 358 g/mol. The first-order chi connectivity index (χ1) is 13.5. The zero-order chi connectivity index (χ0) is 19.8. The number of aryl methyl sites for hydroxylation is 2. The molecule has 8 heteroatoms. The molecule has 0 atom stereocenters. The van der Waals surface area contributed by atoms with E-state index in [4.69, 9.17) is 4.74 Å². The number of para-hydroxylation sites is 1. The fourth-order valence-electron chi connectivity index (χ4n) is 3.18. The van der Waals surface area contributed by atoms with E-state index in [1.165, 1.54) is 17.8 Å². The summed E-state index contributed by atoms with van der Waals surface area (Å²) in [6.45, 7) is 3.65. The van der Waals surface area contributed by atoms with E-state index in [0.29, 0.717) is 17.1 Å². The van der Waals surface area contributed by atoms with Crippen LogP contribution in [0.5, 0.6) is 5.75 Å². The fourth-order valence-corrected chi connectivity index (χ4v) is 3.18. The van der Waals surface area contributed by atoms with E-state index in [9.17, 15) is 9.59 Å². The lowest BCUT2D eigenvalue weighted by Crippen LogP contribution is -2.28. The molecule has 0 bridgehead atoms. The summed E-state index contributed by atoms with van der Waals surface area (Å²) >= 11 is 0. The second kappa shape index (κ2) is 6.80. The number of nitrogens with zero attached hydrogens (tertiary/aromatic N) is 4. The molecule has 0 aliphatic heterocycles. The number of anilines is 1.